The number of rotatable bonds is 4. The maximum atomic E-state index is 12.9. The Morgan fingerprint density at radius 2 is 1.74 bits per heavy atom. The van der Waals surface area contributed by atoms with Gasteiger partial charge in [0.1, 0.15) is 5.84 Å². The summed E-state index contributed by atoms with van der Waals surface area (Å²) in [6, 6.07) is 16.1. The Morgan fingerprint density at radius 1 is 1.07 bits per heavy atom. The summed E-state index contributed by atoms with van der Waals surface area (Å²) < 4.78 is 29.9. The van der Waals surface area contributed by atoms with Crippen LogP contribution in [-0.2, 0) is 10.0 Å². The predicted molar refractivity (Wildman–Crippen MR) is 107 cm³/mol. The molecule has 1 saturated heterocycles. The van der Waals surface area contributed by atoms with Crippen molar-refractivity contribution < 1.29 is 13.5 Å². The van der Waals surface area contributed by atoms with Gasteiger partial charge in [-0.25, -0.2) is 0 Å². The van der Waals surface area contributed by atoms with Crippen LogP contribution in [0.2, 0.25) is 0 Å². The van der Waals surface area contributed by atoms with E-state index >= 15 is 0 Å². The monoisotopic (exact) mass is 386 g/mol. The molecule has 144 valence electrons. The molecular formula is C21H26N2O3S. The molecule has 6 heteroatoms. The van der Waals surface area contributed by atoms with Crippen LogP contribution < -0.4 is 0 Å². The Kier molecular flexibility index (Phi) is 5.97. The third-order valence-electron chi connectivity index (χ3n) is 5.04. The van der Waals surface area contributed by atoms with Gasteiger partial charge in [0.05, 0.1) is 11.0 Å². The van der Waals surface area contributed by atoms with Gasteiger partial charge < -0.3 is 10.0 Å². The normalized spacial score (nSPS) is 21.1. The topological polar surface area (TPSA) is 70.0 Å². The van der Waals surface area contributed by atoms with Crippen molar-refractivity contribution in [3.05, 3.63) is 65.7 Å². The molecule has 2 aromatic rings. The van der Waals surface area contributed by atoms with Gasteiger partial charge in [-0.15, -0.1) is 4.40 Å². The maximum absolute atomic E-state index is 12.9. The number of aryl methyl sites for hydroxylation is 1. The van der Waals surface area contributed by atoms with Gasteiger partial charge in [-0.3, -0.25) is 0 Å². The zero-order valence-corrected chi connectivity index (χ0v) is 16.6. The standard InChI is InChI=1S/C21H26N2O3S/c1-16-11-13-18(14-12-16)27(25,26)22-21-19(10-6-7-15-23(21)2)20(24)17-8-4-3-5-9-17/h3-5,8-9,11-14,19-20,24H,6-7,10,15H2,1-2H3/b22-21-/t19-,20+/m1/s1. The molecule has 0 amide bonds. The summed E-state index contributed by atoms with van der Waals surface area (Å²) in [5.41, 5.74) is 1.77. The highest BCUT2D eigenvalue weighted by atomic mass is 32.2. The first-order valence-electron chi connectivity index (χ1n) is 9.24. The molecule has 1 heterocycles. The number of aliphatic hydroxyl groups excluding tert-OH is 1. The van der Waals surface area contributed by atoms with E-state index in [9.17, 15) is 13.5 Å². The quantitative estimate of drug-likeness (QED) is 0.872. The lowest BCUT2D eigenvalue weighted by Crippen LogP contribution is -2.35. The number of amidine groups is 1. The van der Waals surface area contributed by atoms with E-state index in [0.717, 1.165) is 30.5 Å². The highest BCUT2D eigenvalue weighted by Crippen LogP contribution is 2.31. The summed E-state index contributed by atoms with van der Waals surface area (Å²) in [7, 11) is -1.99. The zero-order chi connectivity index (χ0) is 19.4. The predicted octanol–water partition coefficient (Wildman–Crippen LogP) is 3.55. The number of aliphatic hydroxyl groups is 1. The van der Waals surface area contributed by atoms with E-state index in [2.05, 4.69) is 4.40 Å². The number of benzene rings is 2. The minimum absolute atomic E-state index is 0.172. The molecule has 2 atom stereocenters. The van der Waals surface area contributed by atoms with Crippen molar-refractivity contribution in [2.24, 2.45) is 10.3 Å². The van der Waals surface area contributed by atoms with Crippen LogP contribution in [0, 0.1) is 12.8 Å². The van der Waals surface area contributed by atoms with Crippen molar-refractivity contribution in [3.8, 4) is 0 Å². The fraction of sp³-hybridized carbons (Fsp3) is 0.381. The smallest absolute Gasteiger partial charge is 0.283 e. The van der Waals surface area contributed by atoms with E-state index < -0.39 is 16.1 Å². The van der Waals surface area contributed by atoms with Crippen LogP contribution in [0.15, 0.2) is 63.9 Å². The Balaban J connectivity index is 2.01. The van der Waals surface area contributed by atoms with E-state index in [4.69, 9.17) is 0 Å². The molecule has 0 aliphatic carbocycles. The van der Waals surface area contributed by atoms with Gasteiger partial charge in [0.2, 0.25) is 0 Å². The van der Waals surface area contributed by atoms with Gasteiger partial charge in [0.25, 0.3) is 10.0 Å². The zero-order valence-electron chi connectivity index (χ0n) is 15.7. The highest BCUT2D eigenvalue weighted by molar-refractivity contribution is 7.90. The molecule has 27 heavy (non-hydrogen) atoms. The first-order chi connectivity index (χ1) is 12.9. The van der Waals surface area contributed by atoms with Crippen molar-refractivity contribution in [3.63, 3.8) is 0 Å². The lowest BCUT2D eigenvalue weighted by Gasteiger charge is -2.28. The fourth-order valence-corrected chi connectivity index (χ4v) is 4.55. The molecule has 5 nitrogen and oxygen atoms in total. The summed E-state index contributed by atoms with van der Waals surface area (Å²) in [6.07, 6.45) is 1.77. The highest BCUT2D eigenvalue weighted by Gasteiger charge is 2.32. The third kappa shape index (κ3) is 4.57. The van der Waals surface area contributed by atoms with Crippen molar-refractivity contribution >= 4 is 15.9 Å². The number of nitrogens with zero attached hydrogens (tertiary/aromatic N) is 2. The average molecular weight is 387 g/mol. The summed E-state index contributed by atoms with van der Waals surface area (Å²) in [4.78, 5) is 2.04. The van der Waals surface area contributed by atoms with Gasteiger partial charge in [0, 0.05) is 19.5 Å². The first kappa shape index (κ1) is 19.6. The lowest BCUT2D eigenvalue weighted by molar-refractivity contribution is 0.132. The molecular weight excluding hydrogens is 360 g/mol. The summed E-state index contributed by atoms with van der Waals surface area (Å²) in [5, 5.41) is 11.0. The molecule has 0 saturated carbocycles. The van der Waals surface area contributed by atoms with Crippen LogP contribution in [0.4, 0.5) is 0 Å². The minimum Gasteiger partial charge on any atom is -0.388 e. The van der Waals surface area contributed by atoms with E-state index in [-0.39, 0.29) is 10.8 Å². The van der Waals surface area contributed by atoms with Crippen molar-refractivity contribution in [2.45, 2.75) is 37.2 Å². The van der Waals surface area contributed by atoms with E-state index in [0.29, 0.717) is 12.3 Å². The average Bonchev–Trinajstić information content (AvgIpc) is 2.84. The summed E-state index contributed by atoms with van der Waals surface area (Å²) in [5.74, 6) is 0.0737. The third-order valence-corrected chi connectivity index (χ3v) is 6.33. The van der Waals surface area contributed by atoms with Gasteiger partial charge in [-0.05, 0) is 37.5 Å². The molecule has 0 radical (unpaired) electrons. The van der Waals surface area contributed by atoms with Crippen LogP contribution in [0.25, 0.3) is 0 Å². The second kappa shape index (κ2) is 8.23. The summed E-state index contributed by atoms with van der Waals surface area (Å²) in [6.45, 7) is 2.63. The second-order valence-corrected chi connectivity index (χ2v) is 8.72. The Bertz CT molecular complexity index is 893. The number of hydrogen-bond donors (Lipinski definition) is 1. The molecule has 2 aromatic carbocycles. The van der Waals surface area contributed by atoms with E-state index in [1.165, 1.54) is 0 Å². The molecule has 0 bridgehead atoms. The molecule has 0 aromatic heterocycles. The Labute approximate surface area is 161 Å². The van der Waals surface area contributed by atoms with Gasteiger partial charge in [0.15, 0.2) is 0 Å². The van der Waals surface area contributed by atoms with Crippen LogP contribution >= 0.6 is 0 Å². The van der Waals surface area contributed by atoms with Gasteiger partial charge >= 0.3 is 0 Å². The SMILES string of the molecule is Cc1ccc(S(=O)(=O)/N=C2/[C@@H]([C@@H](O)c3ccccc3)CCCCN2C)cc1. The van der Waals surface area contributed by atoms with Gasteiger partial charge in [-0.1, -0.05) is 54.4 Å². The van der Waals surface area contributed by atoms with E-state index in [1.807, 2.05) is 49.2 Å². The molecule has 0 unspecified atom stereocenters. The number of hydrogen-bond acceptors (Lipinski definition) is 3. The molecule has 0 spiro atoms. The number of sulfonamides is 1. The molecule has 1 N–H and O–H groups in total. The number of likely N-dealkylation sites (tertiary alicyclic amines) is 1. The second-order valence-electron chi connectivity index (χ2n) is 7.12. The molecule has 1 aliphatic heterocycles. The molecule has 1 fully saturated rings. The summed E-state index contributed by atoms with van der Waals surface area (Å²) >= 11 is 0. The minimum atomic E-state index is -3.84. The van der Waals surface area contributed by atoms with Gasteiger partial charge in [-0.2, -0.15) is 8.42 Å². The lowest BCUT2D eigenvalue weighted by atomic mass is 9.91. The fourth-order valence-electron chi connectivity index (χ4n) is 3.45. The largest absolute Gasteiger partial charge is 0.388 e. The Morgan fingerprint density at radius 3 is 2.41 bits per heavy atom. The van der Waals surface area contributed by atoms with Crippen molar-refractivity contribution in [1.82, 2.24) is 4.90 Å². The van der Waals surface area contributed by atoms with Crippen LogP contribution in [0.3, 0.4) is 0 Å². The van der Waals surface area contributed by atoms with Crippen LogP contribution in [0.1, 0.15) is 36.5 Å². The first-order valence-corrected chi connectivity index (χ1v) is 10.7. The molecule has 3 rings (SSSR count). The Hall–Kier alpha value is -2.18. The van der Waals surface area contributed by atoms with Crippen molar-refractivity contribution in [1.29, 1.82) is 0 Å². The maximum Gasteiger partial charge on any atom is 0.283 e. The van der Waals surface area contributed by atoms with Crippen molar-refractivity contribution in [2.75, 3.05) is 13.6 Å². The van der Waals surface area contributed by atoms with E-state index in [1.54, 1.807) is 24.3 Å². The van der Waals surface area contributed by atoms with Crippen LogP contribution in [-0.4, -0.2) is 37.9 Å². The molecule has 1 aliphatic rings. The van der Waals surface area contributed by atoms with Crippen LogP contribution in [0.5, 0.6) is 0 Å².